The third-order valence-electron chi connectivity index (χ3n) is 1.97. The van der Waals surface area contributed by atoms with Gasteiger partial charge in [-0.05, 0) is 17.0 Å². The smallest absolute Gasteiger partial charge is 0.205 e. The van der Waals surface area contributed by atoms with Gasteiger partial charge in [-0.2, -0.15) is 0 Å². The molecular weight excluding hydrogens is 202 g/mol. The van der Waals surface area contributed by atoms with E-state index in [1.807, 2.05) is 17.5 Å². The Balaban J connectivity index is 2.31. The first kappa shape index (κ1) is 9.34. The van der Waals surface area contributed by atoms with Crippen molar-refractivity contribution >= 4 is 11.3 Å². The van der Waals surface area contributed by atoms with Crippen molar-refractivity contribution in [2.75, 3.05) is 0 Å². The molecule has 2 aromatic rings. The van der Waals surface area contributed by atoms with Gasteiger partial charge >= 0.3 is 0 Å². The summed E-state index contributed by atoms with van der Waals surface area (Å²) in [6.07, 6.45) is -2.38. The fraction of sp³-hybridized carbons (Fsp3) is 0.0909. The fourth-order valence-corrected chi connectivity index (χ4v) is 1.97. The largest absolute Gasteiger partial charge is 0.263 e. The molecule has 0 nitrogen and oxygen atoms in total. The SMILES string of the molecule is FC(F)c1ccc(-c2cccs2)cc1. The van der Waals surface area contributed by atoms with Crippen molar-refractivity contribution in [3.8, 4) is 10.4 Å². The van der Waals surface area contributed by atoms with Gasteiger partial charge in [0.1, 0.15) is 0 Å². The van der Waals surface area contributed by atoms with Crippen LogP contribution in [0.1, 0.15) is 12.0 Å². The predicted molar refractivity (Wildman–Crippen MR) is 54.7 cm³/mol. The van der Waals surface area contributed by atoms with E-state index in [0.29, 0.717) is 0 Å². The molecule has 0 radical (unpaired) electrons. The Bertz CT molecular complexity index is 390. The summed E-state index contributed by atoms with van der Waals surface area (Å²) in [5.41, 5.74) is 1.06. The number of alkyl halides is 2. The molecule has 72 valence electrons. The second kappa shape index (κ2) is 3.88. The minimum Gasteiger partial charge on any atom is -0.205 e. The molecule has 0 saturated heterocycles. The maximum absolute atomic E-state index is 12.2. The lowest BCUT2D eigenvalue weighted by atomic mass is 10.1. The number of rotatable bonds is 2. The minimum atomic E-state index is -2.38. The van der Waals surface area contributed by atoms with Crippen LogP contribution in [0.2, 0.25) is 0 Å². The van der Waals surface area contributed by atoms with Gasteiger partial charge in [0.25, 0.3) is 6.43 Å². The molecule has 0 aliphatic rings. The van der Waals surface area contributed by atoms with Gasteiger partial charge < -0.3 is 0 Å². The molecule has 0 aliphatic heterocycles. The standard InChI is InChI=1S/C11H8F2S/c12-11(13)9-5-3-8(4-6-9)10-2-1-7-14-10/h1-7,11H. The Morgan fingerprint density at radius 1 is 1.00 bits per heavy atom. The van der Waals surface area contributed by atoms with Gasteiger partial charge in [-0.1, -0.05) is 30.3 Å². The first-order chi connectivity index (χ1) is 6.77. The van der Waals surface area contributed by atoms with Crippen LogP contribution in [0.3, 0.4) is 0 Å². The van der Waals surface area contributed by atoms with Gasteiger partial charge in [-0.15, -0.1) is 11.3 Å². The van der Waals surface area contributed by atoms with E-state index in [4.69, 9.17) is 0 Å². The van der Waals surface area contributed by atoms with Crippen molar-refractivity contribution in [2.45, 2.75) is 6.43 Å². The zero-order valence-corrected chi connectivity index (χ0v) is 8.10. The summed E-state index contributed by atoms with van der Waals surface area (Å²) in [6, 6.07) is 10.3. The van der Waals surface area contributed by atoms with Gasteiger partial charge in [0.2, 0.25) is 0 Å². The Morgan fingerprint density at radius 3 is 2.21 bits per heavy atom. The quantitative estimate of drug-likeness (QED) is 0.691. The van der Waals surface area contributed by atoms with E-state index in [2.05, 4.69) is 0 Å². The Hall–Kier alpha value is -1.22. The number of hydrogen-bond acceptors (Lipinski definition) is 1. The summed E-state index contributed by atoms with van der Waals surface area (Å²) in [6.45, 7) is 0. The molecule has 0 unspecified atom stereocenters. The minimum absolute atomic E-state index is 0.0744. The average Bonchev–Trinajstić information content (AvgIpc) is 2.71. The highest BCUT2D eigenvalue weighted by Crippen LogP contribution is 2.27. The highest BCUT2D eigenvalue weighted by Gasteiger charge is 2.06. The molecule has 1 aromatic heterocycles. The monoisotopic (exact) mass is 210 g/mol. The zero-order chi connectivity index (χ0) is 9.97. The first-order valence-corrected chi connectivity index (χ1v) is 5.07. The molecule has 3 heteroatoms. The number of benzene rings is 1. The van der Waals surface area contributed by atoms with Crippen LogP contribution >= 0.6 is 11.3 Å². The fourth-order valence-electron chi connectivity index (χ4n) is 1.24. The molecule has 0 atom stereocenters. The molecule has 0 aliphatic carbocycles. The van der Waals surface area contributed by atoms with Crippen molar-refractivity contribution in [1.29, 1.82) is 0 Å². The molecule has 0 spiro atoms. The normalized spacial score (nSPS) is 10.8. The van der Waals surface area contributed by atoms with Crippen LogP contribution in [-0.2, 0) is 0 Å². The summed E-state index contributed by atoms with van der Waals surface area (Å²) in [5, 5.41) is 1.97. The maximum atomic E-state index is 12.2. The van der Waals surface area contributed by atoms with Crippen molar-refractivity contribution in [1.82, 2.24) is 0 Å². The molecule has 0 N–H and O–H groups in total. The van der Waals surface area contributed by atoms with E-state index in [-0.39, 0.29) is 5.56 Å². The van der Waals surface area contributed by atoms with Gasteiger partial charge in [0, 0.05) is 10.4 Å². The molecule has 0 fully saturated rings. The summed E-state index contributed by atoms with van der Waals surface area (Å²) in [4.78, 5) is 1.10. The van der Waals surface area contributed by atoms with Gasteiger partial charge in [0.05, 0.1) is 0 Å². The Labute approximate surface area is 84.8 Å². The topological polar surface area (TPSA) is 0 Å². The van der Waals surface area contributed by atoms with Crippen LogP contribution in [-0.4, -0.2) is 0 Å². The van der Waals surface area contributed by atoms with E-state index in [0.717, 1.165) is 10.4 Å². The van der Waals surface area contributed by atoms with Crippen LogP contribution in [0.5, 0.6) is 0 Å². The Morgan fingerprint density at radius 2 is 1.71 bits per heavy atom. The van der Waals surface area contributed by atoms with Crippen LogP contribution in [0.25, 0.3) is 10.4 Å². The predicted octanol–water partition coefficient (Wildman–Crippen LogP) is 4.35. The van der Waals surface area contributed by atoms with Crippen LogP contribution < -0.4 is 0 Å². The molecule has 0 bridgehead atoms. The maximum Gasteiger partial charge on any atom is 0.263 e. The molecule has 2 rings (SSSR count). The summed E-state index contributed by atoms with van der Waals surface area (Å²) < 4.78 is 24.5. The summed E-state index contributed by atoms with van der Waals surface area (Å²) in [5.74, 6) is 0. The van der Waals surface area contributed by atoms with E-state index in [1.54, 1.807) is 23.5 Å². The van der Waals surface area contributed by atoms with E-state index >= 15 is 0 Å². The number of halogens is 2. The average molecular weight is 210 g/mol. The highest BCUT2D eigenvalue weighted by atomic mass is 32.1. The molecule has 1 heterocycles. The molecule has 0 saturated carbocycles. The Kier molecular flexibility index (Phi) is 2.59. The van der Waals surface area contributed by atoms with Crippen LogP contribution in [0, 0.1) is 0 Å². The van der Waals surface area contributed by atoms with Crippen molar-refractivity contribution in [3.63, 3.8) is 0 Å². The van der Waals surface area contributed by atoms with Gasteiger partial charge in [-0.3, -0.25) is 0 Å². The van der Waals surface area contributed by atoms with E-state index in [9.17, 15) is 8.78 Å². The molecular formula is C11H8F2S. The second-order valence-corrected chi connectivity index (χ2v) is 3.85. The molecule has 1 aromatic carbocycles. The van der Waals surface area contributed by atoms with E-state index < -0.39 is 6.43 Å². The summed E-state index contributed by atoms with van der Waals surface area (Å²) in [7, 11) is 0. The van der Waals surface area contributed by atoms with Crippen molar-refractivity contribution in [2.24, 2.45) is 0 Å². The van der Waals surface area contributed by atoms with Crippen LogP contribution in [0.4, 0.5) is 8.78 Å². The number of thiophene rings is 1. The molecule has 0 amide bonds. The lowest BCUT2D eigenvalue weighted by Gasteiger charge is -2.00. The van der Waals surface area contributed by atoms with Crippen molar-refractivity contribution < 1.29 is 8.78 Å². The van der Waals surface area contributed by atoms with E-state index in [1.165, 1.54) is 12.1 Å². The lowest BCUT2D eigenvalue weighted by molar-refractivity contribution is 0.151. The van der Waals surface area contributed by atoms with Crippen LogP contribution in [0.15, 0.2) is 41.8 Å². The third kappa shape index (κ3) is 1.82. The zero-order valence-electron chi connectivity index (χ0n) is 7.28. The summed E-state index contributed by atoms with van der Waals surface area (Å²) >= 11 is 1.60. The first-order valence-electron chi connectivity index (χ1n) is 4.19. The third-order valence-corrected chi connectivity index (χ3v) is 2.89. The highest BCUT2D eigenvalue weighted by molar-refractivity contribution is 7.13. The van der Waals surface area contributed by atoms with Gasteiger partial charge in [-0.25, -0.2) is 8.78 Å². The number of hydrogen-bond donors (Lipinski definition) is 0. The lowest BCUT2D eigenvalue weighted by Crippen LogP contribution is -1.82. The molecule has 14 heavy (non-hydrogen) atoms. The second-order valence-electron chi connectivity index (χ2n) is 2.90. The van der Waals surface area contributed by atoms with Crippen molar-refractivity contribution in [3.05, 3.63) is 47.3 Å². The van der Waals surface area contributed by atoms with Gasteiger partial charge in [0.15, 0.2) is 0 Å².